The van der Waals surface area contributed by atoms with Gasteiger partial charge in [0.1, 0.15) is 6.33 Å². The summed E-state index contributed by atoms with van der Waals surface area (Å²) in [6.07, 6.45) is 10.5. The van der Waals surface area contributed by atoms with Gasteiger partial charge < -0.3 is 0 Å². The van der Waals surface area contributed by atoms with E-state index in [1.807, 2.05) is 12.4 Å². The molecule has 2 aromatic heterocycles. The van der Waals surface area contributed by atoms with Gasteiger partial charge in [0.05, 0.1) is 5.69 Å². The maximum Gasteiger partial charge on any atom is 0.115 e. The Morgan fingerprint density at radius 1 is 0.533 bits per heavy atom. The minimum atomic E-state index is 0.119. The van der Waals surface area contributed by atoms with E-state index in [0.717, 1.165) is 5.69 Å². The molecule has 1 aromatic carbocycles. The molecule has 0 N–H and O–H groups in total. The lowest BCUT2D eigenvalue weighted by Gasteiger charge is -2.18. The Bertz CT molecular complexity index is 708. The molecule has 3 rings (SSSR count). The second-order valence-electron chi connectivity index (χ2n) is 10.3. The topological polar surface area (TPSA) is 51.6 Å². The van der Waals surface area contributed by atoms with Crippen LogP contribution in [0, 0.1) is 0 Å². The van der Waals surface area contributed by atoms with Crippen molar-refractivity contribution in [3.8, 4) is 0 Å². The molecule has 30 heavy (non-hydrogen) atoms. The molecule has 2 heterocycles. The summed E-state index contributed by atoms with van der Waals surface area (Å²) in [6.45, 7) is 19.5. The van der Waals surface area contributed by atoms with Gasteiger partial charge in [0, 0.05) is 36.4 Å². The van der Waals surface area contributed by atoms with Gasteiger partial charge in [0.2, 0.25) is 0 Å². The standard InChI is InChI=1S/C10H14.2C8H12N2/c1-10(2,3)9-7-5-4-6-8-9;1-8(2,3)7-4-9-6-10-5-7;1-8(2,3)7-6-9-4-5-10-7/h4-8H,1-3H3;2*4-6H,1-3H3. The fraction of sp³-hybridized carbons (Fsp3) is 0.462. The van der Waals surface area contributed by atoms with Crippen molar-refractivity contribution in [1.82, 2.24) is 19.9 Å². The average Bonchev–Trinajstić information content (AvgIpc) is 2.69. The average molecular weight is 407 g/mol. The van der Waals surface area contributed by atoms with Crippen LogP contribution in [0.2, 0.25) is 0 Å². The normalized spacial score (nSPS) is 11.5. The van der Waals surface area contributed by atoms with Crippen molar-refractivity contribution < 1.29 is 0 Å². The maximum absolute atomic E-state index is 4.19. The molecular weight excluding hydrogens is 368 g/mol. The van der Waals surface area contributed by atoms with Crippen LogP contribution in [0.4, 0.5) is 0 Å². The van der Waals surface area contributed by atoms with Crippen molar-refractivity contribution in [3.05, 3.63) is 84.5 Å². The number of aromatic nitrogens is 4. The second-order valence-corrected chi connectivity index (χ2v) is 10.3. The molecular formula is C26H38N4. The van der Waals surface area contributed by atoms with E-state index in [4.69, 9.17) is 0 Å². The summed E-state index contributed by atoms with van der Waals surface area (Å²) in [5, 5.41) is 0. The van der Waals surface area contributed by atoms with Crippen LogP contribution in [-0.4, -0.2) is 19.9 Å². The first-order chi connectivity index (χ1) is 13.8. The number of nitrogens with zero attached hydrogens (tertiary/aromatic N) is 4. The molecule has 0 aliphatic rings. The van der Waals surface area contributed by atoms with E-state index in [2.05, 4.69) is 113 Å². The fourth-order valence-electron chi connectivity index (χ4n) is 2.31. The van der Waals surface area contributed by atoms with Crippen LogP contribution in [0.5, 0.6) is 0 Å². The molecule has 0 fully saturated rings. The molecule has 0 spiro atoms. The van der Waals surface area contributed by atoms with Gasteiger partial charge in [-0.05, 0) is 22.0 Å². The summed E-state index contributed by atoms with van der Waals surface area (Å²) < 4.78 is 0. The molecule has 0 unspecified atom stereocenters. The number of hydrogen-bond donors (Lipinski definition) is 0. The minimum absolute atomic E-state index is 0.119. The largest absolute Gasteiger partial charge is 0.261 e. The molecule has 4 heteroatoms. The number of rotatable bonds is 0. The third kappa shape index (κ3) is 9.73. The van der Waals surface area contributed by atoms with Crippen molar-refractivity contribution in [2.45, 2.75) is 78.6 Å². The Labute approximate surface area is 183 Å². The zero-order valence-corrected chi connectivity index (χ0v) is 20.1. The Morgan fingerprint density at radius 2 is 1.07 bits per heavy atom. The molecule has 0 radical (unpaired) electrons. The molecule has 162 valence electrons. The van der Waals surface area contributed by atoms with E-state index >= 15 is 0 Å². The zero-order chi connectivity index (χ0) is 22.8. The predicted molar refractivity (Wildman–Crippen MR) is 127 cm³/mol. The maximum atomic E-state index is 4.19. The number of hydrogen-bond acceptors (Lipinski definition) is 4. The van der Waals surface area contributed by atoms with Crippen molar-refractivity contribution in [3.63, 3.8) is 0 Å². The van der Waals surface area contributed by atoms with Gasteiger partial charge in [-0.2, -0.15) is 0 Å². The Morgan fingerprint density at radius 3 is 1.37 bits per heavy atom. The summed E-state index contributed by atoms with van der Waals surface area (Å²) in [7, 11) is 0. The molecule has 0 saturated carbocycles. The Kier molecular flexibility index (Phi) is 9.28. The van der Waals surface area contributed by atoms with E-state index in [-0.39, 0.29) is 10.8 Å². The lowest BCUT2D eigenvalue weighted by atomic mass is 9.87. The number of benzene rings is 1. The van der Waals surface area contributed by atoms with E-state index in [9.17, 15) is 0 Å². The van der Waals surface area contributed by atoms with E-state index in [0.29, 0.717) is 5.41 Å². The lowest BCUT2D eigenvalue weighted by molar-refractivity contribution is 0.565. The van der Waals surface area contributed by atoms with Gasteiger partial charge in [-0.3, -0.25) is 9.97 Å². The van der Waals surface area contributed by atoms with E-state index in [1.165, 1.54) is 11.1 Å². The first-order valence-electron chi connectivity index (χ1n) is 10.4. The fourth-order valence-corrected chi connectivity index (χ4v) is 2.31. The van der Waals surface area contributed by atoms with Gasteiger partial charge in [-0.15, -0.1) is 0 Å². The summed E-state index contributed by atoms with van der Waals surface area (Å²) in [5.74, 6) is 0. The summed E-state index contributed by atoms with van der Waals surface area (Å²) in [6, 6.07) is 10.6. The summed E-state index contributed by atoms with van der Waals surface area (Å²) >= 11 is 0. The third-order valence-corrected chi connectivity index (χ3v) is 4.40. The highest BCUT2D eigenvalue weighted by molar-refractivity contribution is 5.22. The molecule has 0 atom stereocenters. The molecule has 4 nitrogen and oxygen atoms in total. The summed E-state index contributed by atoms with van der Waals surface area (Å²) in [4.78, 5) is 16.1. The molecule has 0 saturated heterocycles. The van der Waals surface area contributed by atoms with Crippen molar-refractivity contribution >= 4 is 0 Å². The van der Waals surface area contributed by atoms with Crippen molar-refractivity contribution in [1.29, 1.82) is 0 Å². The van der Waals surface area contributed by atoms with Gasteiger partial charge in [0.15, 0.2) is 0 Å². The second kappa shape index (κ2) is 11.0. The van der Waals surface area contributed by atoms with Crippen LogP contribution in [0.15, 0.2) is 67.6 Å². The van der Waals surface area contributed by atoms with Crippen LogP contribution in [0.25, 0.3) is 0 Å². The van der Waals surface area contributed by atoms with E-state index in [1.54, 1.807) is 24.9 Å². The first-order valence-corrected chi connectivity index (χ1v) is 10.4. The Balaban J connectivity index is 0.000000225. The van der Waals surface area contributed by atoms with E-state index < -0.39 is 0 Å². The zero-order valence-electron chi connectivity index (χ0n) is 20.1. The molecule has 3 aromatic rings. The predicted octanol–water partition coefficient (Wildman–Crippen LogP) is 6.53. The Hall–Kier alpha value is -2.62. The monoisotopic (exact) mass is 406 g/mol. The molecule has 0 aliphatic heterocycles. The highest BCUT2D eigenvalue weighted by Crippen LogP contribution is 2.21. The molecule has 0 bridgehead atoms. The first kappa shape index (κ1) is 25.4. The van der Waals surface area contributed by atoms with Crippen molar-refractivity contribution in [2.24, 2.45) is 0 Å². The van der Waals surface area contributed by atoms with Crippen molar-refractivity contribution in [2.75, 3.05) is 0 Å². The van der Waals surface area contributed by atoms with Crippen LogP contribution in [-0.2, 0) is 16.2 Å². The third-order valence-electron chi connectivity index (χ3n) is 4.40. The highest BCUT2D eigenvalue weighted by atomic mass is 14.8. The van der Waals surface area contributed by atoms with Gasteiger partial charge >= 0.3 is 0 Å². The molecule has 0 aliphatic carbocycles. The minimum Gasteiger partial charge on any atom is -0.261 e. The van der Waals surface area contributed by atoms with Crippen LogP contribution < -0.4 is 0 Å². The highest BCUT2D eigenvalue weighted by Gasteiger charge is 2.14. The lowest BCUT2D eigenvalue weighted by Crippen LogP contribution is -2.13. The van der Waals surface area contributed by atoms with Gasteiger partial charge in [-0.25, -0.2) is 9.97 Å². The smallest absolute Gasteiger partial charge is 0.115 e. The van der Waals surface area contributed by atoms with Crippen LogP contribution >= 0.6 is 0 Å². The summed E-state index contributed by atoms with van der Waals surface area (Å²) in [5.41, 5.74) is 4.19. The SMILES string of the molecule is CC(C)(C)c1ccccc1.CC(C)(C)c1cnccn1.CC(C)(C)c1cncnc1. The van der Waals surface area contributed by atoms with Gasteiger partial charge in [0.25, 0.3) is 0 Å². The van der Waals surface area contributed by atoms with Gasteiger partial charge in [-0.1, -0.05) is 92.6 Å². The van der Waals surface area contributed by atoms with Crippen LogP contribution in [0.1, 0.15) is 79.1 Å². The quantitative estimate of drug-likeness (QED) is 0.426. The van der Waals surface area contributed by atoms with Crippen LogP contribution in [0.3, 0.4) is 0 Å². The molecule has 0 amide bonds.